The number of rotatable bonds is 9. The van der Waals surface area contributed by atoms with Gasteiger partial charge in [-0.25, -0.2) is 13.4 Å². The van der Waals surface area contributed by atoms with Crippen LogP contribution in [0.2, 0.25) is 0 Å². The Balaban J connectivity index is 1.65. The van der Waals surface area contributed by atoms with Gasteiger partial charge in [-0.05, 0) is 94.5 Å². The second kappa shape index (κ2) is 10.8. The zero-order valence-corrected chi connectivity index (χ0v) is 22.5. The standard InChI is InChI=1S/C27H30N4O3S2/c1-19-16-24-25(17-20(19)2)35-27(28-24)31(15-9-14-30(3)4)26(32)21-10-8-11-22(18-21)29-36(33,34)23-12-6-5-7-13-23/h5-8,10-13,16-18,29H,9,14-15H2,1-4H3. The van der Waals surface area contributed by atoms with Crippen LogP contribution in [-0.4, -0.2) is 51.4 Å². The van der Waals surface area contributed by atoms with Crippen LogP contribution in [0.1, 0.15) is 27.9 Å². The number of aromatic nitrogens is 1. The summed E-state index contributed by atoms with van der Waals surface area (Å²) in [5.41, 5.74) is 3.92. The van der Waals surface area contributed by atoms with Crippen molar-refractivity contribution in [3.8, 4) is 0 Å². The summed E-state index contributed by atoms with van der Waals surface area (Å²) in [5, 5.41) is 0.633. The third kappa shape index (κ3) is 5.92. The van der Waals surface area contributed by atoms with E-state index >= 15 is 0 Å². The fraction of sp³-hybridized carbons (Fsp3) is 0.259. The van der Waals surface area contributed by atoms with Crippen molar-refractivity contribution in [1.29, 1.82) is 0 Å². The lowest BCUT2D eigenvalue weighted by Crippen LogP contribution is -2.33. The lowest BCUT2D eigenvalue weighted by atomic mass is 10.1. The molecule has 0 aliphatic rings. The molecule has 188 valence electrons. The maximum absolute atomic E-state index is 13.7. The number of amides is 1. The topological polar surface area (TPSA) is 82.6 Å². The molecule has 0 spiro atoms. The minimum atomic E-state index is -3.77. The highest BCUT2D eigenvalue weighted by atomic mass is 32.2. The van der Waals surface area contributed by atoms with Gasteiger partial charge in [0.15, 0.2) is 5.13 Å². The zero-order chi connectivity index (χ0) is 25.9. The number of carbonyl (C=O) groups is 1. The molecule has 0 fully saturated rings. The fourth-order valence-corrected chi connectivity index (χ4v) is 5.94. The van der Waals surface area contributed by atoms with Crippen molar-refractivity contribution in [3.63, 3.8) is 0 Å². The van der Waals surface area contributed by atoms with Crippen molar-refractivity contribution >= 4 is 48.3 Å². The quantitative estimate of drug-likeness (QED) is 0.322. The number of carbonyl (C=O) groups excluding carboxylic acids is 1. The summed E-state index contributed by atoms with van der Waals surface area (Å²) in [6, 6.07) is 18.9. The Labute approximate surface area is 216 Å². The highest BCUT2D eigenvalue weighted by Crippen LogP contribution is 2.32. The molecule has 4 rings (SSSR count). The molecule has 0 radical (unpaired) electrons. The Kier molecular flexibility index (Phi) is 7.73. The van der Waals surface area contributed by atoms with E-state index in [1.807, 2.05) is 20.2 Å². The molecule has 0 unspecified atom stereocenters. The van der Waals surface area contributed by atoms with Crippen LogP contribution in [0.25, 0.3) is 10.2 Å². The first-order chi connectivity index (χ1) is 17.1. The number of thiazole rings is 1. The molecule has 0 atom stereocenters. The third-order valence-electron chi connectivity index (χ3n) is 5.87. The molecule has 4 aromatic rings. The van der Waals surface area contributed by atoms with Crippen molar-refractivity contribution in [2.75, 3.05) is 36.8 Å². The van der Waals surface area contributed by atoms with Crippen molar-refractivity contribution in [1.82, 2.24) is 9.88 Å². The van der Waals surface area contributed by atoms with E-state index in [9.17, 15) is 13.2 Å². The van der Waals surface area contributed by atoms with Gasteiger partial charge in [-0.15, -0.1) is 0 Å². The van der Waals surface area contributed by atoms with Gasteiger partial charge in [0.2, 0.25) is 0 Å². The predicted octanol–water partition coefficient (Wildman–Crippen LogP) is 5.31. The van der Waals surface area contributed by atoms with Gasteiger partial charge >= 0.3 is 0 Å². The lowest BCUT2D eigenvalue weighted by molar-refractivity contribution is 0.0986. The molecule has 3 aromatic carbocycles. The van der Waals surface area contributed by atoms with Crippen molar-refractivity contribution in [2.45, 2.75) is 25.2 Å². The fourth-order valence-electron chi connectivity index (χ4n) is 3.80. The van der Waals surface area contributed by atoms with Crippen LogP contribution < -0.4 is 9.62 Å². The molecule has 0 saturated heterocycles. The molecule has 1 aromatic heterocycles. The summed E-state index contributed by atoms with van der Waals surface area (Å²) in [7, 11) is 0.227. The molecule has 1 amide bonds. The van der Waals surface area contributed by atoms with E-state index in [1.165, 1.54) is 29.0 Å². The Morgan fingerprint density at radius 2 is 1.67 bits per heavy atom. The molecule has 0 bridgehead atoms. The molecular formula is C27H30N4O3S2. The maximum Gasteiger partial charge on any atom is 0.261 e. The van der Waals surface area contributed by atoms with Gasteiger partial charge < -0.3 is 4.90 Å². The summed E-state index contributed by atoms with van der Waals surface area (Å²) < 4.78 is 29.2. The number of hydrogen-bond donors (Lipinski definition) is 1. The van der Waals surface area contributed by atoms with Crippen LogP contribution in [0.4, 0.5) is 10.8 Å². The van der Waals surface area contributed by atoms with E-state index in [0.717, 1.165) is 28.7 Å². The highest BCUT2D eigenvalue weighted by Gasteiger charge is 2.22. The second-order valence-corrected chi connectivity index (χ2v) is 11.7. The van der Waals surface area contributed by atoms with Crippen molar-refractivity contribution < 1.29 is 13.2 Å². The van der Waals surface area contributed by atoms with Gasteiger partial charge in [0.25, 0.3) is 15.9 Å². The van der Waals surface area contributed by atoms with E-state index < -0.39 is 10.0 Å². The number of benzene rings is 3. The van der Waals surface area contributed by atoms with Crippen molar-refractivity contribution in [2.24, 2.45) is 0 Å². The zero-order valence-electron chi connectivity index (χ0n) is 20.9. The summed E-state index contributed by atoms with van der Waals surface area (Å²) in [6.45, 7) is 5.44. The molecule has 1 heterocycles. The predicted molar refractivity (Wildman–Crippen MR) is 148 cm³/mol. The van der Waals surface area contributed by atoms with Crippen LogP contribution in [0.15, 0.2) is 71.6 Å². The molecule has 9 heteroatoms. The summed E-state index contributed by atoms with van der Waals surface area (Å²) in [6.07, 6.45) is 0.771. The smallest absolute Gasteiger partial charge is 0.261 e. The first kappa shape index (κ1) is 25.8. The number of nitrogens with one attached hydrogen (secondary N) is 1. The molecule has 0 aliphatic heterocycles. The average Bonchev–Trinajstić information content (AvgIpc) is 3.24. The minimum Gasteiger partial charge on any atom is -0.309 e. The van der Waals surface area contributed by atoms with Gasteiger partial charge in [0.1, 0.15) is 0 Å². The van der Waals surface area contributed by atoms with Crippen LogP contribution in [-0.2, 0) is 10.0 Å². The van der Waals surface area contributed by atoms with Gasteiger partial charge in [-0.3, -0.25) is 14.4 Å². The summed E-state index contributed by atoms with van der Waals surface area (Å²) in [5.74, 6) is -0.220. The SMILES string of the molecule is Cc1cc2nc(N(CCCN(C)C)C(=O)c3cccc(NS(=O)(=O)c4ccccc4)c3)sc2cc1C. The van der Waals surface area contributed by atoms with Crippen LogP contribution in [0.3, 0.4) is 0 Å². The Morgan fingerprint density at radius 3 is 2.39 bits per heavy atom. The third-order valence-corrected chi connectivity index (χ3v) is 8.31. The Hall–Kier alpha value is -3.27. The second-order valence-electron chi connectivity index (χ2n) is 9.01. The van der Waals surface area contributed by atoms with Gasteiger partial charge in [-0.2, -0.15) is 0 Å². The average molecular weight is 523 g/mol. The number of hydrogen-bond acceptors (Lipinski definition) is 6. The lowest BCUT2D eigenvalue weighted by Gasteiger charge is -2.21. The van der Waals surface area contributed by atoms with E-state index in [4.69, 9.17) is 4.98 Å². The molecule has 7 nitrogen and oxygen atoms in total. The number of fused-ring (bicyclic) bond motifs is 1. The van der Waals surface area contributed by atoms with E-state index in [0.29, 0.717) is 22.9 Å². The minimum absolute atomic E-state index is 0.159. The van der Waals surface area contributed by atoms with Crippen LogP contribution in [0, 0.1) is 13.8 Å². The van der Waals surface area contributed by atoms with Gasteiger partial charge in [-0.1, -0.05) is 35.6 Å². The number of aryl methyl sites for hydroxylation is 2. The number of nitrogens with zero attached hydrogens (tertiary/aromatic N) is 3. The highest BCUT2D eigenvalue weighted by molar-refractivity contribution is 7.92. The first-order valence-electron chi connectivity index (χ1n) is 11.7. The largest absolute Gasteiger partial charge is 0.309 e. The normalized spacial score (nSPS) is 11.7. The van der Waals surface area contributed by atoms with E-state index in [1.54, 1.807) is 47.4 Å². The summed E-state index contributed by atoms with van der Waals surface area (Å²) in [4.78, 5) is 22.4. The monoisotopic (exact) mass is 522 g/mol. The van der Waals surface area contributed by atoms with Crippen molar-refractivity contribution in [3.05, 3.63) is 83.4 Å². The van der Waals surface area contributed by atoms with E-state index in [2.05, 4.69) is 29.5 Å². The number of sulfonamides is 1. The molecule has 36 heavy (non-hydrogen) atoms. The van der Waals surface area contributed by atoms with Gasteiger partial charge in [0, 0.05) is 17.8 Å². The van der Waals surface area contributed by atoms with E-state index in [-0.39, 0.29) is 10.8 Å². The number of anilines is 2. The Morgan fingerprint density at radius 1 is 0.944 bits per heavy atom. The van der Waals surface area contributed by atoms with Gasteiger partial charge in [0.05, 0.1) is 15.1 Å². The maximum atomic E-state index is 13.7. The molecular weight excluding hydrogens is 492 g/mol. The Bertz CT molecular complexity index is 1440. The first-order valence-corrected chi connectivity index (χ1v) is 14.0. The van der Waals surface area contributed by atoms with Crippen LogP contribution in [0.5, 0.6) is 0 Å². The van der Waals surface area contributed by atoms with Crippen LogP contribution >= 0.6 is 11.3 Å². The molecule has 0 saturated carbocycles. The summed E-state index contributed by atoms with van der Waals surface area (Å²) >= 11 is 1.49. The molecule has 0 aliphatic carbocycles. The molecule has 1 N–H and O–H groups in total.